The SMILES string of the molecule is O=C(NCCOc1ccccc1Cl)NCCc1ccc(Cl)cc1. The minimum Gasteiger partial charge on any atom is -0.490 e. The average Bonchev–Trinajstić information content (AvgIpc) is 2.55. The number of halogens is 2. The van der Waals surface area contributed by atoms with Crippen molar-refractivity contribution < 1.29 is 9.53 Å². The zero-order chi connectivity index (χ0) is 16.5. The maximum absolute atomic E-state index is 11.6. The van der Waals surface area contributed by atoms with Crippen LogP contribution in [0.3, 0.4) is 0 Å². The molecule has 0 bridgehead atoms. The summed E-state index contributed by atoms with van der Waals surface area (Å²) in [4.78, 5) is 11.6. The van der Waals surface area contributed by atoms with Crippen LogP contribution >= 0.6 is 23.2 Å². The molecule has 4 nitrogen and oxygen atoms in total. The molecule has 0 atom stereocenters. The second-order valence-corrected chi connectivity index (χ2v) is 5.68. The molecular weight excluding hydrogens is 335 g/mol. The van der Waals surface area contributed by atoms with E-state index < -0.39 is 0 Å². The van der Waals surface area contributed by atoms with Crippen LogP contribution in [0.2, 0.25) is 10.0 Å². The molecule has 2 aromatic rings. The lowest BCUT2D eigenvalue weighted by Crippen LogP contribution is -2.38. The molecule has 23 heavy (non-hydrogen) atoms. The molecule has 6 heteroatoms. The molecule has 0 heterocycles. The van der Waals surface area contributed by atoms with Gasteiger partial charge >= 0.3 is 6.03 Å². The first-order valence-corrected chi connectivity index (χ1v) is 8.04. The molecule has 122 valence electrons. The van der Waals surface area contributed by atoms with E-state index in [1.807, 2.05) is 36.4 Å². The molecule has 0 aromatic heterocycles. The van der Waals surface area contributed by atoms with Gasteiger partial charge in [0.25, 0.3) is 0 Å². The fourth-order valence-corrected chi connectivity index (χ4v) is 2.24. The summed E-state index contributed by atoms with van der Waals surface area (Å²) in [6.45, 7) is 1.31. The van der Waals surface area contributed by atoms with Crippen LogP contribution in [0, 0.1) is 0 Å². The molecule has 0 spiro atoms. The number of rotatable bonds is 7. The fourth-order valence-electron chi connectivity index (χ4n) is 1.92. The van der Waals surface area contributed by atoms with Crippen LogP contribution < -0.4 is 15.4 Å². The summed E-state index contributed by atoms with van der Waals surface area (Å²) >= 11 is 11.8. The molecule has 2 amide bonds. The highest BCUT2D eigenvalue weighted by molar-refractivity contribution is 6.32. The average molecular weight is 353 g/mol. The second kappa shape index (κ2) is 9.28. The number of hydrogen-bond acceptors (Lipinski definition) is 2. The van der Waals surface area contributed by atoms with E-state index in [1.54, 1.807) is 12.1 Å². The van der Waals surface area contributed by atoms with Gasteiger partial charge in [0.2, 0.25) is 0 Å². The van der Waals surface area contributed by atoms with Crippen LogP contribution in [-0.4, -0.2) is 25.7 Å². The predicted molar refractivity (Wildman–Crippen MR) is 93.5 cm³/mol. The predicted octanol–water partition coefficient (Wildman–Crippen LogP) is 3.91. The third kappa shape index (κ3) is 6.38. The summed E-state index contributed by atoms with van der Waals surface area (Å²) in [5, 5.41) is 6.78. The third-order valence-corrected chi connectivity index (χ3v) is 3.66. The Morgan fingerprint density at radius 2 is 1.65 bits per heavy atom. The van der Waals surface area contributed by atoms with Crippen LogP contribution in [0.15, 0.2) is 48.5 Å². The largest absolute Gasteiger partial charge is 0.490 e. The van der Waals surface area contributed by atoms with E-state index in [9.17, 15) is 4.79 Å². The fraction of sp³-hybridized carbons (Fsp3) is 0.235. The highest BCUT2D eigenvalue weighted by Gasteiger charge is 2.02. The monoisotopic (exact) mass is 352 g/mol. The normalized spacial score (nSPS) is 10.2. The summed E-state index contributed by atoms with van der Waals surface area (Å²) in [7, 11) is 0. The highest BCUT2D eigenvalue weighted by Crippen LogP contribution is 2.22. The van der Waals surface area contributed by atoms with Crippen molar-refractivity contribution in [3.05, 3.63) is 64.1 Å². The minimum atomic E-state index is -0.221. The molecule has 2 N–H and O–H groups in total. The Bertz CT molecular complexity index is 633. The van der Waals surface area contributed by atoms with Gasteiger partial charge in [0.15, 0.2) is 0 Å². The van der Waals surface area contributed by atoms with Crippen LogP contribution in [-0.2, 0) is 6.42 Å². The summed E-state index contributed by atoms with van der Waals surface area (Å²) in [6.07, 6.45) is 0.751. The van der Waals surface area contributed by atoms with Gasteiger partial charge in [-0.3, -0.25) is 0 Å². The number of para-hydroxylation sites is 1. The van der Waals surface area contributed by atoms with Gasteiger partial charge in [0, 0.05) is 11.6 Å². The summed E-state index contributed by atoms with van der Waals surface area (Å²) in [6, 6.07) is 14.6. The van der Waals surface area contributed by atoms with E-state index >= 15 is 0 Å². The molecule has 2 aromatic carbocycles. The van der Waals surface area contributed by atoms with Gasteiger partial charge in [0.1, 0.15) is 12.4 Å². The molecular formula is C17H18Cl2N2O2. The van der Waals surface area contributed by atoms with Crippen molar-refractivity contribution in [1.29, 1.82) is 0 Å². The van der Waals surface area contributed by atoms with E-state index in [1.165, 1.54) is 0 Å². The van der Waals surface area contributed by atoms with Crippen molar-refractivity contribution in [2.45, 2.75) is 6.42 Å². The third-order valence-electron chi connectivity index (χ3n) is 3.09. The van der Waals surface area contributed by atoms with Crippen LogP contribution in [0.4, 0.5) is 4.79 Å². The summed E-state index contributed by atoms with van der Waals surface area (Å²) in [5.41, 5.74) is 1.12. The summed E-state index contributed by atoms with van der Waals surface area (Å²) in [5.74, 6) is 0.610. The molecule has 0 aliphatic heterocycles. The lowest BCUT2D eigenvalue weighted by Gasteiger charge is -2.10. The molecule has 0 fully saturated rings. The van der Waals surface area contributed by atoms with Crippen LogP contribution in [0.25, 0.3) is 0 Å². The van der Waals surface area contributed by atoms with E-state index in [2.05, 4.69) is 10.6 Å². The lowest BCUT2D eigenvalue weighted by molar-refractivity contribution is 0.236. The van der Waals surface area contributed by atoms with Crippen molar-refractivity contribution in [1.82, 2.24) is 10.6 Å². The number of nitrogens with one attached hydrogen (secondary N) is 2. The number of hydrogen-bond donors (Lipinski definition) is 2. The highest BCUT2D eigenvalue weighted by atomic mass is 35.5. The van der Waals surface area contributed by atoms with E-state index in [0.29, 0.717) is 35.5 Å². The summed E-state index contributed by atoms with van der Waals surface area (Å²) < 4.78 is 5.49. The maximum atomic E-state index is 11.6. The molecule has 0 aliphatic rings. The van der Waals surface area contributed by atoms with Gasteiger partial charge in [-0.05, 0) is 36.2 Å². The Kier molecular flexibility index (Phi) is 7.04. The zero-order valence-electron chi connectivity index (χ0n) is 12.5. The first kappa shape index (κ1) is 17.4. The van der Waals surface area contributed by atoms with Gasteiger partial charge < -0.3 is 15.4 Å². The maximum Gasteiger partial charge on any atom is 0.314 e. The Balaban J connectivity index is 1.58. The van der Waals surface area contributed by atoms with Gasteiger partial charge in [-0.1, -0.05) is 47.5 Å². The van der Waals surface area contributed by atoms with Crippen LogP contribution in [0.1, 0.15) is 5.56 Å². The Morgan fingerprint density at radius 3 is 2.39 bits per heavy atom. The number of amides is 2. The van der Waals surface area contributed by atoms with Crippen molar-refractivity contribution in [2.24, 2.45) is 0 Å². The standard InChI is InChI=1S/C17H18Cl2N2O2/c18-14-7-5-13(6-8-14)9-10-20-17(22)21-11-12-23-16-4-2-1-3-15(16)19/h1-8H,9-12H2,(H2,20,21,22). The van der Waals surface area contributed by atoms with Crippen molar-refractivity contribution in [3.8, 4) is 5.75 Å². The minimum absolute atomic E-state index is 0.221. The number of benzene rings is 2. The van der Waals surface area contributed by atoms with Crippen molar-refractivity contribution >= 4 is 29.2 Å². The number of ether oxygens (including phenoxy) is 1. The number of carbonyl (C=O) groups is 1. The number of carbonyl (C=O) groups excluding carboxylic acids is 1. The first-order valence-electron chi connectivity index (χ1n) is 7.28. The Hall–Kier alpha value is -1.91. The van der Waals surface area contributed by atoms with E-state index in [0.717, 1.165) is 12.0 Å². The van der Waals surface area contributed by atoms with Gasteiger partial charge in [-0.25, -0.2) is 4.79 Å². The van der Waals surface area contributed by atoms with E-state index in [4.69, 9.17) is 27.9 Å². The van der Waals surface area contributed by atoms with Gasteiger partial charge in [-0.2, -0.15) is 0 Å². The zero-order valence-corrected chi connectivity index (χ0v) is 14.0. The molecule has 2 rings (SSSR count). The molecule has 0 unspecified atom stereocenters. The quantitative estimate of drug-likeness (QED) is 0.742. The van der Waals surface area contributed by atoms with Gasteiger partial charge in [0.05, 0.1) is 11.6 Å². The first-order chi connectivity index (χ1) is 11.1. The smallest absolute Gasteiger partial charge is 0.314 e. The van der Waals surface area contributed by atoms with Crippen LogP contribution in [0.5, 0.6) is 5.75 Å². The van der Waals surface area contributed by atoms with Crippen molar-refractivity contribution in [2.75, 3.05) is 19.7 Å². The van der Waals surface area contributed by atoms with Crippen molar-refractivity contribution in [3.63, 3.8) is 0 Å². The topological polar surface area (TPSA) is 50.4 Å². The Labute approximate surface area is 145 Å². The Morgan fingerprint density at radius 1 is 0.957 bits per heavy atom. The van der Waals surface area contributed by atoms with Gasteiger partial charge in [-0.15, -0.1) is 0 Å². The lowest BCUT2D eigenvalue weighted by atomic mass is 10.1. The molecule has 0 saturated carbocycles. The molecule has 0 saturated heterocycles. The molecule has 0 radical (unpaired) electrons. The molecule has 0 aliphatic carbocycles. The second-order valence-electron chi connectivity index (χ2n) is 4.84. The number of urea groups is 1. The van der Waals surface area contributed by atoms with E-state index in [-0.39, 0.29) is 6.03 Å².